The van der Waals surface area contributed by atoms with Crippen LogP contribution in [0.1, 0.15) is 47.7 Å². The Kier molecular flexibility index (Phi) is 3.63. The van der Waals surface area contributed by atoms with Crippen LogP contribution in [0.15, 0.2) is 24.7 Å². The van der Waals surface area contributed by atoms with Gasteiger partial charge in [-0.1, -0.05) is 0 Å². The summed E-state index contributed by atoms with van der Waals surface area (Å²) < 4.78 is 27.1. The molecule has 2 N–H and O–H groups in total. The van der Waals surface area contributed by atoms with E-state index in [9.17, 15) is 13.6 Å². The Morgan fingerprint density at radius 2 is 1.79 bits per heavy atom. The second-order valence-corrected chi connectivity index (χ2v) is 6.28. The smallest absolute Gasteiger partial charge is 0.259 e. The Hall–Kier alpha value is -2.57. The van der Waals surface area contributed by atoms with E-state index in [1.165, 1.54) is 12.5 Å². The highest BCUT2D eigenvalue weighted by Gasteiger charge is 2.30. The zero-order valence-electron chi connectivity index (χ0n) is 12.9. The molecule has 1 aromatic heterocycles. The number of nitrogens with zero attached hydrogens (tertiary/aromatic N) is 2. The van der Waals surface area contributed by atoms with E-state index in [-0.39, 0.29) is 17.6 Å². The molecule has 24 heavy (non-hydrogen) atoms. The van der Waals surface area contributed by atoms with Crippen molar-refractivity contribution in [1.29, 1.82) is 0 Å². The predicted octanol–water partition coefficient (Wildman–Crippen LogP) is 3.46. The molecule has 5 nitrogen and oxygen atoms in total. The standard InChI is InChI=1S/C17H16F2N4O/c18-12-5-14(22-10-3-4-10)15(6-13(12)19)23-17(24)11-7-20-8-21-16(11)9-1-2-9/h5-10,22H,1-4H2,(H,23,24). The second-order valence-electron chi connectivity index (χ2n) is 6.28. The molecule has 7 heteroatoms. The highest BCUT2D eigenvalue weighted by Crippen LogP contribution is 2.40. The van der Waals surface area contributed by atoms with Crippen LogP contribution in [0.5, 0.6) is 0 Å². The van der Waals surface area contributed by atoms with Gasteiger partial charge in [0.15, 0.2) is 11.6 Å². The van der Waals surface area contributed by atoms with Crippen molar-refractivity contribution in [3.05, 3.63) is 47.5 Å². The Morgan fingerprint density at radius 3 is 2.46 bits per heavy atom. The lowest BCUT2D eigenvalue weighted by Gasteiger charge is -2.14. The minimum absolute atomic E-state index is 0.219. The molecule has 1 heterocycles. The van der Waals surface area contributed by atoms with Gasteiger partial charge >= 0.3 is 0 Å². The number of nitrogens with one attached hydrogen (secondary N) is 2. The number of hydrogen-bond donors (Lipinski definition) is 2. The topological polar surface area (TPSA) is 66.9 Å². The first kappa shape index (κ1) is 15.0. The number of benzene rings is 1. The van der Waals surface area contributed by atoms with E-state index in [1.807, 2.05) is 0 Å². The van der Waals surface area contributed by atoms with Crippen molar-refractivity contribution in [3.8, 4) is 0 Å². The van der Waals surface area contributed by atoms with E-state index in [0.29, 0.717) is 16.9 Å². The molecule has 2 saturated carbocycles. The summed E-state index contributed by atoms with van der Waals surface area (Å²) in [6.45, 7) is 0. The summed E-state index contributed by atoms with van der Waals surface area (Å²) in [5, 5.41) is 5.77. The van der Waals surface area contributed by atoms with Crippen LogP contribution in [0.3, 0.4) is 0 Å². The van der Waals surface area contributed by atoms with Crippen LogP contribution in [-0.4, -0.2) is 21.9 Å². The van der Waals surface area contributed by atoms with E-state index in [2.05, 4.69) is 20.6 Å². The van der Waals surface area contributed by atoms with Gasteiger partial charge < -0.3 is 10.6 Å². The third-order valence-corrected chi connectivity index (χ3v) is 4.20. The average molecular weight is 330 g/mol. The van der Waals surface area contributed by atoms with Crippen LogP contribution in [-0.2, 0) is 0 Å². The zero-order valence-corrected chi connectivity index (χ0v) is 12.9. The number of hydrogen-bond acceptors (Lipinski definition) is 4. The molecule has 2 aliphatic rings. The fraction of sp³-hybridized carbons (Fsp3) is 0.353. The molecular weight excluding hydrogens is 314 g/mol. The van der Waals surface area contributed by atoms with Crippen molar-refractivity contribution in [2.75, 3.05) is 10.6 Å². The molecule has 0 unspecified atom stereocenters. The lowest BCUT2D eigenvalue weighted by Crippen LogP contribution is -2.17. The van der Waals surface area contributed by atoms with Crippen LogP contribution >= 0.6 is 0 Å². The largest absolute Gasteiger partial charge is 0.381 e. The molecule has 2 aromatic rings. The number of anilines is 2. The van der Waals surface area contributed by atoms with Crippen molar-refractivity contribution in [2.24, 2.45) is 0 Å². The van der Waals surface area contributed by atoms with Crippen LogP contribution < -0.4 is 10.6 Å². The van der Waals surface area contributed by atoms with E-state index in [4.69, 9.17) is 0 Å². The van der Waals surface area contributed by atoms with Crippen LogP contribution in [0.25, 0.3) is 0 Å². The van der Waals surface area contributed by atoms with Crippen molar-refractivity contribution in [2.45, 2.75) is 37.6 Å². The highest BCUT2D eigenvalue weighted by atomic mass is 19.2. The van der Waals surface area contributed by atoms with E-state index >= 15 is 0 Å². The lowest BCUT2D eigenvalue weighted by atomic mass is 10.1. The predicted molar refractivity (Wildman–Crippen MR) is 85.0 cm³/mol. The molecule has 1 amide bonds. The molecule has 2 aliphatic carbocycles. The molecule has 1 aromatic carbocycles. The normalized spacial score (nSPS) is 16.8. The Labute approximate surface area is 137 Å². The van der Waals surface area contributed by atoms with Gasteiger partial charge in [0.1, 0.15) is 6.33 Å². The summed E-state index contributed by atoms with van der Waals surface area (Å²) in [5.74, 6) is -2.08. The number of carbonyl (C=O) groups is 1. The van der Waals surface area contributed by atoms with Crippen molar-refractivity contribution in [3.63, 3.8) is 0 Å². The van der Waals surface area contributed by atoms with Gasteiger partial charge in [-0.25, -0.2) is 18.7 Å². The van der Waals surface area contributed by atoms with Crippen molar-refractivity contribution < 1.29 is 13.6 Å². The summed E-state index contributed by atoms with van der Waals surface area (Å²) in [4.78, 5) is 20.7. The Balaban J connectivity index is 1.62. The van der Waals surface area contributed by atoms with Gasteiger partial charge in [-0.15, -0.1) is 0 Å². The summed E-state index contributed by atoms with van der Waals surface area (Å²) in [6, 6.07) is 2.32. The number of amides is 1. The maximum absolute atomic E-state index is 13.6. The SMILES string of the molecule is O=C(Nc1cc(F)c(F)cc1NC1CC1)c1cncnc1C1CC1. The van der Waals surface area contributed by atoms with Gasteiger partial charge in [0.05, 0.1) is 22.6 Å². The summed E-state index contributed by atoms with van der Waals surface area (Å²) >= 11 is 0. The molecule has 0 spiro atoms. The average Bonchev–Trinajstić information content (AvgIpc) is 3.46. The van der Waals surface area contributed by atoms with Gasteiger partial charge in [-0.3, -0.25) is 4.79 Å². The van der Waals surface area contributed by atoms with Crippen LogP contribution in [0, 0.1) is 11.6 Å². The number of aromatic nitrogens is 2. The fourth-order valence-corrected chi connectivity index (χ4v) is 2.60. The van der Waals surface area contributed by atoms with Crippen LogP contribution in [0.4, 0.5) is 20.2 Å². The van der Waals surface area contributed by atoms with Crippen molar-refractivity contribution in [1.82, 2.24) is 9.97 Å². The third-order valence-electron chi connectivity index (χ3n) is 4.20. The molecular formula is C17H16F2N4O. The summed E-state index contributed by atoms with van der Waals surface area (Å²) in [6.07, 6.45) is 6.83. The first-order chi connectivity index (χ1) is 11.6. The maximum atomic E-state index is 13.6. The highest BCUT2D eigenvalue weighted by molar-refractivity contribution is 6.06. The third kappa shape index (κ3) is 3.06. The van der Waals surface area contributed by atoms with Crippen molar-refractivity contribution >= 4 is 17.3 Å². The molecule has 0 aliphatic heterocycles. The maximum Gasteiger partial charge on any atom is 0.259 e. The second kappa shape index (κ2) is 5.81. The van der Waals surface area contributed by atoms with E-state index < -0.39 is 17.5 Å². The van der Waals surface area contributed by atoms with Gasteiger partial charge in [-0.05, 0) is 25.7 Å². The lowest BCUT2D eigenvalue weighted by molar-refractivity contribution is 0.102. The first-order valence-corrected chi connectivity index (χ1v) is 7.98. The molecule has 4 rings (SSSR count). The molecule has 0 atom stereocenters. The number of carbonyl (C=O) groups excluding carboxylic acids is 1. The molecule has 124 valence electrons. The molecule has 0 bridgehead atoms. The summed E-state index contributed by atoms with van der Waals surface area (Å²) in [7, 11) is 0. The molecule has 0 saturated heterocycles. The first-order valence-electron chi connectivity index (χ1n) is 7.98. The molecule has 2 fully saturated rings. The van der Waals surface area contributed by atoms with E-state index in [1.54, 1.807) is 0 Å². The Bertz CT molecular complexity index is 803. The number of rotatable bonds is 5. The molecule has 0 radical (unpaired) electrons. The quantitative estimate of drug-likeness (QED) is 0.881. The Morgan fingerprint density at radius 1 is 1.08 bits per heavy atom. The fourth-order valence-electron chi connectivity index (χ4n) is 2.60. The van der Waals surface area contributed by atoms with E-state index in [0.717, 1.165) is 37.8 Å². The minimum atomic E-state index is -1.00. The summed E-state index contributed by atoms with van der Waals surface area (Å²) in [5.41, 5.74) is 1.69. The van der Waals surface area contributed by atoms with Gasteiger partial charge in [0.2, 0.25) is 0 Å². The minimum Gasteiger partial charge on any atom is -0.381 e. The van der Waals surface area contributed by atoms with Crippen LogP contribution in [0.2, 0.25) is 0 Å². The zero-order chi connectivity index (χ0) is 16.7. The van der Waals surface area contributed by atoms with Gasteiger partial charge in [-0.2, -0.15) is 0 Å². The monoisotopic (exact) mass is 330 g/mol. The van der Waals surface area contributed by atoms with Gasteiger partial charge in [0.25, 0.3) is 5.91 Å². The number of halogens is 2. The van der Waals surface area contributed by atoms with Gasteiger partial charge in [0, 0.05) is 30.3 Å².